The molecular weight excluding hydrogens is 482 g/mol. The molecule has 0 aliphatic heterocycles. The van der Waals surface area contributed by atoms with E-state index in [1.54, 1.807) is 0 Å². The van der Waals surface area contributed by atoms with Crippen LogP contribution in [0.4, 0.5) is 17.1 Å². The number of rotatable bonds is 4. The van der Waals surface area contributed by atoms with E-state index in [2.05, 4.69) is 157 Å². The molecule has 6 aromatic carbocycles. The van der Waals surface area contributed by atoms with Crippen LogP contribution in [0.1, 0.15) is 27.8 Å². The number of fused-ring (bicyclic) bond motifs is 10. The number of para-hydroxylation sites is 1. The molecule has 2 aliphatic carbocycles. The topological polar surface area (TPSA) is 3.24 Å². The zero-order valence-electron chi connectivity index (χ0n) is 22.1. The number of hydrogen-bond donors (Lipinski definition) is 0. The second-order valence-corrected chi connectivity index (χ2v) is 10.6. The summed E-state index contributed by atoms with van der Waals surface area (Å²) in [6, 6.07) is 53.2. The lowest BCUT2D eigenvalue weighted by molar-refractivity contribution is 0.794. The van der Waals surface area contributed by atoms with Crippen molar-refractivity contribution in [2.45, 2.75) is 5.41 Å². The maximum atomic E-state index is 3.94. The largest absolute Gasteiger partial charge is 0.310 e. The van der Waals surface area contributed by atoms with Crippen molar-refractivity contribution in [1.82, 2.24) is 0 Å². The van der Waals surface area contributed by atoms with Gasteiger partial charge in [-0.2, -0.15) is 0 Å². The third kappa shape index (κ3) is 3.03. The molecule has 8 rings (SSSR count). The summed E-state index contributed by atoms with van der Waals surface area (Å²) in [5.41, 5.74) is 14.9. The van der Waals surface area contributed by atoms with Gasteiger partial charge >= 0.3 is 0 Å². The normalized spacial score (nSPS) is 13.3. The zero-order chi connectivity index (χ0) is 26.7. The van der Waals surface area contributed by atoms with Gasteiger partial charge in [0.1, 0.15) is 0 Å². The van der Waals surface area contributed by atoms with Gasteiger partial charge in [-0.3, -0.25) is 0 Å². The highest BCUT2D eigenvalue weighted by Gasteiger charge is 2.51. The SMILES string of the molecule is C=Cc1ccc(N(c2ccccc2)c2ccc3c(c2)-c2ccccc2C32c3ccccc3-c3ccccc32)cc1. The summed E-state index contributed by atoms with van der Waals surface area (Å²) in [5.74, 6) is 0. The van der Waals surface area contributed by atoms with Crippen molar-refractivity contribution < 1.29 is 0 Å². The van der Waals surface area contributed by atoms with Crippen LogP contribution in [0, 0.1) is 0 Å². The minimum absolute atomic E-state index is 0.319. The summed E-state index contributed by atoms with van der Waals surface area (Å²) in [6.07, 6.45) is 1.89. The number of hydrogen-bond acceptors (Lipinski definition) is 1. The predicted octanol–water partition coefficient (Wildman–Crippen LogP) is 10.1. The Labute approximate surface area is 235 Å². The highest BCUT2D eigenvalue weighted by atomic mass is 15.1. The maximum absolute atomic E-state index is 3.94. The van der Waals surface area contributed by atoms with Crippen molar-refractivity contribution in [2.75, 3.05) is 4.90 Å². The lowest BCUT2D eigenvalue weighted by Gasteiger charge is -2.31. The third-order valence-electron chi connectivity index (χ3n) is 8.64. The number of anilines is 3. The molecule has 0 fully saturated rings. The Kier molecular flexibility index (Phi) is 4.96. The summed E-state index contributed by atoms with van der Waals surface area (Å²) in [6.45, 7) is 3.94. The fraction of sp³-hybridized carbons (Fsp3) is 0.0256. The first-order chi connectivity index (χ1) is 19.8. The smallest absolute Gasteiger partial charge is 0.0725 e. The molecule has 40 heavy (non-hydrogen) atoms. The molecule has 1 nitrogen and oxygen atoms in total. The Bertz CT molecular complexity index is 1870. The second-order valence-electron chi connectivity index (χ2n) is 10.6. The molecule has 0 radical (unpaired) electrons. The molecular formula is C39H27N. The van der Waals surface area contributed by atoms with Gasteiger partial charge in [-0.05, 0) is 86.5 Å². The molecule has 0 bridgehead atoms. The van der Waals surface area contributed by atoms with Gasteiger partial charge in [0.05, 0.1) is 5.41 Å². The van der Waals surface area contributed by atoms with Crippen LogP contribution in [-0.2, 0) is 5.41 Å². The summed E-state index contributed by atoms with van der Waals surface area (Å²) >= 11 is 0. The van der Waals surface area contributed by atoms with Crippen molar-refractivity contribution in [3.63, 3.8) is 0 Å². The molecule has 1 heteroatoms. The van der Waals surface area contributed by atoms with Crippen molar-refractivity contribution in [3.8, 4) is 22.3 Å². The minimum Gasteiger partial charge on any atom is -0.310 e. The van der Waals surface area contributed by atoms with Crippen LogP contribution in [0.3, 0.4) is 0 Å². The Morgan fingerprint density at radius 3 is 1.45 bits per heavy atom. The van der Waals surface area contributed by atoms with E-state index in [9.17, 15) is 0 Å². The molecule has 0 saturated heterocycles. The lowest BCUT2D eigenvalue weighted by Crippen LogP contribution is -2.25. The van der Waals surface area contributed by atoms with Gasteiger partial charge in [0.15, 0.2) is 0 Å². The average molecular weight is 510 g/mol. The van der Waals surface area contributed by atoms with Gasteiger partial charge in [0.2, 0.25) is 0 Å². The molecule has 0 unspecified atom stereocenters. The second kappa shape index (κ2) is 8.69. The molecule has 0 amide bonds. The van der Waals surface area contributed by atoms with Crippen LogP contribution in [0.5, 0.6) is 0 Å². The highest BCUT2D eigenvalue weighted by molar-refractivity contribution is 5.96. The standard InChI is InChI=1S/C39H27N/c1-2-27-20-22-29(23-21-27)40(28-12-4-3-5-13-28)30-24-25-38-34(26-30)33-16-8-11-19-37(33)39(38)35-17-9-6-14-31(35)32-15-7-10-18-36(32)39/h2-26H,1H2. The molecule has 0 aromatic heterocycles. The fourth-order valence-electron chi connectivity index (χ4n) is 7.01. The van der Waals surface area contributed by atoms with E-state index in [0.717, 1.165) is 22.6 Å². The maximum Gasteiger partial charge on any atom is 0.0725 e. The average Bonchev–Trinajstić information content (AvgIpc) is 3.49. The zero-order valence-corrected chi connectivity index (χ0v) is 22.1. The van der Waals surface area contributed by atoms with Crippen molar-refractivity contribution >= 4 is 23.1 Å². The first kappa shape index (κ1) is 22.8. The van der Waals surface area contributed by atoms with Crippen molar-refractivity contribution in [2.24, 2.45) is 0 Å². The predicted molar refractivity (Wildman–Crippen MR) is 168 cm³/mol. The summed E-state index contributed by atoms with van der Waals surface area (Å²) < 4.78 is 0. The molecule has 188 valence electrons. The fourth-order valence-corrected chi connectivity index (χ4v) is 7.01. The first-order valence-electron chi connectivity index (χ1n) is 13.8. The summed E-state index contributed by atoms with van der Waals surface area (Å²) in [5, 5.41) is 0. The molecule has 0 heterocycles. The molecule has 0 saturated carbocycles. The van der Waals surface area contributed by atoms with Crippen molar-refractivity contribution in [3.05, 3.63) is 180 Å². The Hall–Kier alpha value is -5.14. The van der Waals surface area contributed by atoms with E-state index in [1.165, 1.54) is 44.5 Å². The Morgan fingerprint density at radius 2 is 0.875 bits per heavy atom. The van der Waals surface area contributed by atoms with E-state index in [-0.39, 0.29) is 5.41 Å². The Morgan fingerprint density at radius 1 is 0.425 bits per heavy atom. The third-order valence-corrected chi connectivity index (χ3v) is 8.64. The molecule has 2 aliphatic rings. The van der Waals surface area contributed by atoms with Crippen LogP contribution in [-0.4, -0.2) is 0 Å². The van der Waals surface area contributed by atoms with Gasteiger partial charge in [0.25, 0.3) is 0 Å². The monoisotopic (exact) mass is 509 g/mol. The van der Waals surface area contributed by atoms with Gasteiger partial charge in [-0.25, -0.2) is 0 Å². The molecule has 0 atom stereocenters. The number of benzene rings is 6. The van der Waals surface area contributed by atoms with E-state index in [1.807, 2.05) is 6.08 Å². The van der Waals surface area contributed by atoms with Crippen LogP contribution in [0.2, 0.25) is 0 Å². The minimum atomic E-state index is -0.319. The van der Waals surface area contributed by atoms with Crippen molar-refractivity contribution in [1.29, 1.82) is 0 Å². The van der Waals surface area contributed by atoms with E-state index >= 15 is 0 Å². The summed E-state index contributed by atoms with van der Waals surface area (Å²) in [4.78, 5) is 2.34. The molecule has 6 aromatic rings. The van der Waals surface area contributed by atoms with Crippen LogP contribution in [0.15, 0.2) is 152 Å². The van der Waals surface area contributed by atoms with Crippen LogP contribution in [0.25, 0.3) is 28.3 Å². The first-order valence-corrected chi connectivity index (χ1v) is 13.8. The van der Waals surface area contributed by atoms with Crippen LogP contribution >= 0.6 is 0 Å². The Balaban J connectivity index is 1.40. The van der Waals surface area contributed by atoms with Gasteiger partial charge < -0.3 is 4.90 Å². The quantitative estimate of drug-likeness (QED) is 0.228. The van der Waals surface area contributed by atoms with Gasteiger partial charge in [0, 0.05) is 17.1 Å². The van der Waals surface area contributed by atoms with Crippen LogP contribution < -0.4 is 4.90 Å². The van der Waals surface area contributed by atoms with E-state index < -0.39 is 0 Å². The molecule has 1 spiro atoms. The highest BCUT2D eigenvalue weighted by Crippen LogP contribution is 2.63. The van der Waals surface area contributed by atoms with Gasteiger partial charge in [-0.1, -0.05) is 122 Å². The van der Waals surface area contributed by atoms with E-state index in [0.29, 0.717) is 0 Å². The molecule has 0 N–H and O–H groups in total. The van der Waals surface area contributed by atoms with E-state index in [4.69, 9.17) is 0 Å². The lowest BCUT2D eigenvalue weighted by atomic mass is 9.70. The summed E-state index contributed by atoms with van der Waals surface area (Å²) in [7, 11) is 0. The number of nitrogens with zero attached hydrogens (tertiary/aromatic N) is 1. The van der Waals surface area contributed by atoms with Gasteiger partial charge in [-0.15, -0.1) is 0 Å².